The number of rotatable bonds is 44. The van der Waals surface area contributed by atoms with E-state index in [1.54, 1.807) is 0 Å². The van der Waals surface area contributed by atoms with Gasteiger partial charge in [-0.05, 0) is 122 Å². The van der Waals surface area contributed by atoms with Gasteiger partial charge in [-0.25, -0.2) is 0 Å². The Morgan fingerprint density at radius 3 is 0.955 bits per heavy atom. The molecule has 1 atom stereocenters. The van der Waals surface area contributed by atoms with E-state index in [1.807, 2.05) is 0 Å². The molecule has 0 N–H and O–H groups in total. The van der Waals surface area contributed by atoms with E-state index in [4.69, 9.17) is 14.2 Å². The maximum Gasteiger partial charge on any atom is 0.306 e. The summed E-state index contributed by atoms with van der Waals surface area (Å²) in [6, 6.07) is 0. The molecule has 0 aliphatic carbocycles. The largest absolute Gasteiger partial charge is 0.462 e. The van der Waals surface area contributed by atoms with E-state index in [0.29, 0.717) is 19.3 Å². The summed E-state index contributed by atoms with van der Waals surface area (Å²) in [7, 11) is 0. The molecule has 0 rings (SSSR count). The van der Waals surface area contributed by atoms with Crippen LogP contribution >= 0.6 is 0 Å². The van der Waals surface area contributed by atoms with Crippen LogP contribution in [-0.4, -0.2) is 37.2 Å². The molecule has 0 aromatic heterocycles. The van der Waals surface area contributed by atoms with Crippen molar-refractivity contribution < 1.29 is 28.6 Å². The molecule has 0 saturated carbocycles. The minimum absolute atomic E-state index is 0.122. The minimum atomic E-state index is -0.829. The third-order valence-corrected chi connectivity index (χ3v) is 10.0. The van der Waals surface area contributed by atoms with Crippen molar-refractivity contribution in [1.29, 1.82) is 0 Å². The predicted molar refractivity (Wildman–Crippen MR) is 288 cm³/mol. The summed E-state index contributed by atoms with van der Waals surface area (Å²) in [5.74, 6) is -1.06. The van der Waals surface area contributed by atoms with Crippen molar-refractivity contribution in [2.24, 2.45) is 0 Å². The zero-order chi connectivity index (χ0) is 48.6. The van der Waals surface area contributed by atoms with Gasteiger partial charge in [-0.15, -0.1) is 0 Å². The van der Waals surface area contributed by atoms with Crippen LogP contribution in [0.3, 0.4) is 0 Å². The number of ether oxygens (including phenoxy) is 3. The van der Waals surface area contributed by atoms with E-state index in [2.05, 4.69) is 179 Å². The van der Waals surface area contributed by atoms with Gasteiger partial charge in [0, 0.05) is 19.3 Å². The van der Waals surface area contributed by atoms with Gasteiger partial charge in [-0.1, -0.05) is 204 Å². The molecule has 0 heterocycles. The zero-order valence-corrected chi connectivity index (χ0v) is 42.3. The molecule has 0 aromatic carbocycles. The van der Waals surface area contributed by atoms with Crippen molar-refractivity contribution >= 4 is 17.9 Å². The van der Waals surface area contributed by atoms with Gasteiger partial charge in [0.05, 0.1) is 0 Å². The monoisotopic (exact) mass is 921 g/mol. The molecule has 6 heteroatoms. The van der Waals surface area contributed by atoms with E-state index in [0.717, 1.165) is 135 Å². The van der Waals surface area contributed by atoms with E-state index in [9.17, 15) is 14.4 Å². The predicted octanol–water partition coefficient (Wildman–Crippen LogP) is 17.4. The first-order valence-electron chi connectivity index (χ1n) is 26.0. The molecule has 0 aliphatic rings. The molecule has 0 spiro atoms. The lowest BCUT2D eigenvalue weighted by atomic mass is 10.1. The lowest BCUT2D eigenvalue weighted by Gasteiger charge is -2.18. The van der Waals surface area contributed by atoms with Crippen LogP contribution in [0.5, 0.6) is 0 Å². The van der Waals surface area contributed by atoms with Crippen LogP contribution in [0.1, 0.15) is 188 Å². The smallest absolute Gasteiger partial charge is 0.306 e. The van der Waals surface area contributed by atoms with Crippen LogP contribution in [-0.2, 0) is 28.6 Å². The van der Waals surface area contributed by atoms with E-state index >= 15 is 0 Å². The van der Waals surface area contributed by atoms with Gasteiger partial charge in [0.1, 0.15) is 13.2 Å². The van der Waals surface area contributed by atoms with E-state index in [-0.39, 0.29) is 44.0 Å². The summed E-state index contributed by atoms with van der Waals surface area (Å²) >= 11 is 0. The topological polar surface area (TPSA) is 78.9 Å². The Morgan fingerprint density at radius 2 is 0.597 bits per heavy atom. The van der Waals surface area contributed by atoms with Crippen molar-refractivity contribution in [2.75, 3.05) is 13.2 Å². The molecule has 0 fully saturated rings. The van der Waals surface area contributed by atoms with Gasteiger partial charge < -0.3 is 14.2 Å². The van der Waals surface area contributed by atoms with Gasteiger partial charge >= 0.3 is 17.9 Å². The highest BCUT2D eigenvalue weighted by atomic mass is 16.6. The molecule has 0 saturated heterocycles. The SMILES string of the molecule is CC/C=C\C/C=C\C/C=C\C/C=C\C/C=C\C/C=C\C/C=C\CCCC(=O)OCC(COC(=O)CCCCCCC)OC(=O)CCCC/C=C\C/C=C\C/C=C\C/C=C\C/C=C\C/C=C\CC. The number of carbonyl (C=O) groups is 3. The third kappa shape index (κ3) is 51.9. The number of carbonyl (C=O) groups excluding carboxylic acids is 3. The standard InChI is InChI=1S/C61H92O6/c1-4-7-10-13-15-17-19-21-23-25-27-29-30-32-33-35-37-39-41-43-45-48-51-54-60(63)66-57-58(56-65-59(62)53-50-47-12-9-6-3)67-61(64)55-52-49-46-44-42-40-38-36-34-31-28-26-24-22-20-18-16-14-11-8-5-2/h7-8,10-11,15-18,21-24,27-29,31-33,36-39,42-45,58H,4-6,9,12-14,19-20,25-26,30,34-35,40-41,46-57H2,1-3H3/b10-7-,11-8-,17-15-,18-16-,23-21-,24-22-,29-27-,31-28-,33-32-,38-36-,39-37-,44-42-,45-43-. The lowest BCUT2D eigenvalue weighted by Crippen LogP contribution is -2.30. The molecule has 0 bridgehead atoms. The molecular formula is C61H92O6. The highest BCUT2D eigenvalue weighted by Gasteiger charge is 2.19. The first kappa shape index (κ1) is 62.0. The van der Waals surface area contributed by atoms with Crippen molar-refractivity contribution in [3.05, 3.63) is 158 Å². The Labute approximate surface area is 409 Å². The van der Waals surface area contributed by atoms with Crippen LogP contribution in [0.2, 0.25) is 0 Å². The van der Waals surface area contributed by atoms with E-state index < -0.39 is 6.10 Å². The summed E-state index contributed by atoms with van der Waals surface area (Å²) in [6.07, 6.45) is 78.4. The molecule has 0 aliphatic heterocycles. The molecule has 372 valence electrons. The average Bonchev–Trinajstić information content (AvgIpc) is 3.33. The Morgan fingerprint density at radius 1 is 0.313 bits per heavy atom. The van der Waals surface area contributed by atoms with Crippen LogP contribution in [0.15, 0.2) is 158 Å². The zero-order valence-electron chi connectivity index (χ0n) is 42.3. The number of hydrogen-bond donors (Lipinski definition) is 0. The van der Waals surface area contributed by atoms with Crippen molar-refractivity contribution in [3.63, 3.8) is 0 Å². The first-order chi connectivity index (χ1) is 33.0. The number of unbranched alkanes of at least 4 members (excludes halogenated alkanes) is 7. The summed E-state index contributed by atoms with van der Waals surface area (Å²) in [6.45, 7) is 6.20. The fourth-order valence-corrected chi connectivity index (χ4v) is 6.20. The van der Waals surface area contributed by atoms with Crippen molar-refractivity contribution in [1.82, 2.24) is 0 Å². The van der Waals surface area contributed by atoms with Gasteiger partial charge in [0.2, 0.25) is 0 Å². The highest BCUT2D eigenvalue weighted by molar-refractivity contribution is 5.71. The molecule has 0 aromatic rings. The Bertz CT molecular complexity index is 1570. The molecule has 6 nitrogen and oxygen atoms in total. The second-order valence-corrected chi connectivity index (χ2v) is 16.3. The van der Waals surface area contributed by atoms with Crippen LogP contribution in [0.4, 0.5) is 0 Å². The van der Waals surface area contributed by atoms with Crippen LogP contribution < -0.4 is 0 Å². The van der Waals surface area contributed by atoms with Crippen molar-refractivity contribution in [2.45, 2.75) is 194 Å². The molecular weight excluding hydrogens is 829 g/mol. The summed E-state index contributed by atoms with van der Waals surface area (Å²) in [4.78, 5) is 37.7. The maximum atomic E-state index is 12.7. The second-order valence-electron chi connectivity index (χ2n) is 16.3. The highest BCUT2D eigenvalue weighted by Crippen LogP contribution is 2.10. The fourth-order valence-electron chi connectivity index (χ4n) is 6.20. The summed E-state index contributed by atoms with van der Waals surface area (Å²) in [5.41, 5.74) is 0. The van der Waals surface area contributed by atoms with Crippen molar-refractivity contribution in [3.8, 4) is 0 Å². The van der Waals surface area contributed by atoms with Crippen LogP contribution in [0.25, 0.3) is 0 Å². The maximum absolute atomic E-state index is 12.7. The summed E-state index contributed by atoms with van der Waals surface area (Å²) < 4.78 is 16.6. The van der Waals surface area contributed by atoms with Gasteiger partial charge in [0.15, 0.2) is 6.10 Å². The minimum Gasteiger partial charge on any atom is -0.462 e. The van der Waals surface area contributed by atoms with Gasteiger partial charge in [-0.3, -0.25) is 14.4 Å². The molecule has 0 amide bonds. The normalized spacial score (nSPS) is 13.4. The summed E-state index contributed by atoms with van der Waals surface area (Å²) in [5, 5.41) is 0. The lowest BCUT2D eigenvalue weighted by molar-refractivity contribution is -0.167. The molecule has 0 radical (unpaired) electrons. The van der Waals surface area contributed by atoms with Crippen LogP contribution in [0, 0.1) is 0 Å². The number of esters is 3. The Balaban J connectivity index is 4.39. The molecule has 1 unspecified atom stereocenters. The second kappa shape index (κ2) is 53.6. The number of hydrogen-bond acceptors (Lipinski definition) is 6. The van der Waals surface area contributed by atoms with Gasteiger partial charge in [-0.2, -0.15) is 0 Å². The quantitative estimate of drug-likeness (QED) is 0.0262. The fraction of sp³-hybridized carbons (Fsp3) is 0.525. The first-order valence-corrected chi connectivity index (χ1v) is 26.0. The Kier molecular flexibility index (Phi) is 49.7. The Hall–Kier alpha value is -4.97. The van der Waals surface area contributed by atoms with E-state index in [1.165, 1.54) is 0 Å². The van der Waals surface area contributed by atoms with Gasteiger partial charge in [0.25, 0.3) is 0 Å². The molecule has 67 heavy (non-hydrogen) atoms. The third-order valence-electron chi connectivity index (χ3n) is 10.0. The average molecular weight is 921 g/mol. The number of allylic oxidation sites excluding steroid dienone is 26.